The summed E-state index contributed by atoms with van der Waals surface area (Å²) in [6.45, 7) is 9.59. The minimum absolute atomic E-state index is 0.0949. The molecule has 0 amide bonds. The van der Waals surface area contributed by atoms with Crippen LogP contribution in [-0.2, 0) is 6.54 Å². The third kappa shape index (κ3) is 3.94. The van der Waals surface area contributed by atoms with E-state index >= 15 is 0 Å². The Bertz CT molecular complexity index is 623. The highest BCUT2D eigenvalue weighted by atomic mass is 16.1. The summed E-state index contributed by atoms with van der Waals surface area (Å²) in [4.78, 5) is 11.8. The van der Waals surface area contributed by atoms with Crippen molar-refractivity contribution in [1.29, 1.82) is 0 Å². The molecule has 0 atom stereocenters. The highest BCUT2D eigenvalue weighted by Gasteiger charge is 2.08. The lowest BCUT2D eigenvalue weighted by Gasteiger charge is -2.18. The van der Waals surface area contributed by atoms with Crippen molar-refractivity contribution in [3.8, 4) is 0 Å². The Kier molecular flexibility index (Phi) is 4.61. The lowest BCUT2D eigenvalue weighted by Crippen LogP contribution is -2.24. The molecule has 0 bridgehead atoms. The van der Waals surface area contributed by atoms with Gasteiger partial charge in [-0.3, -0.25) is 4.79 Å². The van der Waals surface area contributed by atoms with Crippen LogP contribution in [0, 0.1) is 5.41 Å². The second-order valence-corrected chi connectivity index (χ2v) is 6.45. The number of nitrogens with one attached hydrogen (secondary N) is 1. The highest BCUT2D eigenvalue weighted by Crippen LogP contribution is 2.16. The maximum atomic E-state index is 11.8. The molecule has 1 aromatic carbocycles. The molecule has 20 heavy (non-hydrogen) atoms. The SMILES string of the molecule is CC(C)(C)CCNCCn1ccc(=O)c2ccccc21. The number of benzene rings is 1. The second-order valence-electron chi connectivity index (χ2n) is 6.45. The molecular formula is C17H24N2O. The molecule has 0 saturated carbocycles. The third-order valence-electron chi connectivity index (χ3n) is 3.47. The normalized spacial score (nSPS) is 11.9. The Balaban J connectivity index is 1.97. The van der Waals surface area contributed by atoms with Crippen LogP contribution in [0.1, 0.15) is 27.2 Å². The summed E-state index contributed by atoms with van der Waals surface area (Å²) in [6, 6.07) is 9.44. The molecule has 0 spiro atoms. The van der Waals surface area contributed by atoms with E-state index in [0.717, 1.165) is 37.0 Å². The molecule has 1 aromatic heterocycles. The third-order valence-corrected chi connectivity index (χ3v) is 3.47. The molecule has 2 aromatic rings. The van der Waals surface area contributed by atoms with E-state index in [4.69, 9.17) is 0 Å². The van der Waals surface area contributed by atoms with Crippen LogP contribution in [0.15, 0.2) is 41.3 Å². The molecule has 0 radical (unpaired) electrons. The van der Waals surface area contributed by atoms with Gasteiger partial charge in [-0.15, -0.1) is 0 Å². The number of para-hydroxylation sites is 1. The lowest BCUT2D eigenvalue weighted by atomic mass is 9.92. The van der Waals surface area contributed by atoms with Gasteiger partial charge in [0.15, 0.2) is 5.43 Å². The smallest absolute Gasteiger partial charge is 0.189 e. The molecule has 0 saturated heterocycles. The van der Waals surface area contributed by atoms with Gasteiger partial charge in [0.25, 0.3) is 0 Å². The van der Waals surface area contributed by atoms with Crippen LogP contribution >= 0.6 is 0 Å². The van der Waals surface area contributed by atoms with Gasteiger partial charge in [-0.05, 0) is 30.5 Å². The predicted octanol–water partition coefficient (Wildman–Crippen LogP) is 3.03. The van der Waals surface area contributed by atoms with Gasteiger partial charge in [-0.1, -0.05) is 32.9 Å². The first-order valence-corrected chi connectivity index (χ1v) is 7.26. The van der Waals surface area contributed by atoms with E-state index in [1.54, 1.807) is 6.07 Å². The number of hydrogen-bond donors (Lipinski definition) is 1. The van der Waals surface area contributed by atoms with Gasteiger partial charge in [0, 0.05) is 30.7 Å². The molecule has 0 fully saturated rings. The van der Waals surface area contributed by atoms with Crippen LogP contribution in [0.2, 0.25) is 0 Å². The fraction of sp³-hybridized carbons (Fsp3) is 0.471. The van der Waals surface area contributed by atoms with Crippen molar-refractivity contribution in [2.24, 2.45) is 5.41 Å². The Morgan fingerprint density at radius 3 is 2.60 bits per heavy atom. The molecule has 0 aliphatic rings. The van der Waals surface area contributed by atoms with E-state index in [1.807, 2.05) is 30.5 Å². The molecule has 108 valence electrons. The molecule has 3 nitrogen and oxygen atoms in total. The van der Waals surface area contributed by atoms with Gasteiger partial charge < -0.3 is 9.88 Å². The second kappa shape index (κ2) is 6.23. The quantitative estimate of drug-likeness (QED) is 0.849. The van der Waals surface area contributed by atoms with Crippen LogP contribution in [0.3, 0.4) is 0 Å². The summed E-state index contributed by atoms with van der Waals surface area (Å²) >= 11 is 0. The maximum Gasteiger partial charge on any atom is 0.189 e. The van der Waals surface area contributed by atoms with Crippen molar-refractivity contribution in [3.63, 3.8) is 0 Å². The molecule has 0 aliphatic heterocycles. The molecule has 3 heteroatoms. The van der Waals surface area contributed by atoms with Crippen LogP contribution in [0.5, 0.6) is 0 Å². The van der Waals surface area contributed by atoms with Crippen LogP contribution in [0.4, 0.5) is 0 Å². The first-order chi connectivity index (χ1) is 9.47. The Morgan fingerprint density at radius 1 is 1.10 bits per heavy atom. The van der Waals surface area contributed by atoms with E-state index in [9.17, 15) is 4.79 Å². The standard InChI is InChI=1S/C17H24N2O/c1-17(2,3)9-10-18-11-13-19-12-8-16(20)14-6-4-5-7-15(14)19/h4-8,12,18H,9-11,13H2,1-3H3. The topological polar surface area (TPSA) is 34.0 Å². The minimum atomic E-state index is 0.0949. The summed E-state index contributed by atoms with van der Waals surface area (Å²) in [5, 5.41) is 4.27. The van der Waals surface area contributed by atoms with Crippen molar-refractivity contribution in [3.05, 3.63) is 46.8 Å². The van der Waals surface area contributed by atoms with Crippen molar-refractivity contribution in [2.75, 3.05) is 13.1 Å². The molecule has 0 aliphatic carbocycles. The average molecular weight is 272 g/mol. The number of fused-ring (bicyclic) bond motifs is 1. The van der Waals surface area contributed by atoms with Crippen LogP contribution in [0.25, 0.3) is 10.9 Å². The minimum Gasteiger partial charge on any atom is -0.346 e. The van der Waals surface area contributed by atoms with Crippen LogP contribution < -0.4 is 10.7 Å². The van der Waals surface area contributed by atoms with Crippen LogP contribution in [-0.4, -0.2) is 17.7 Å². The Hall–Kier alpha value is -1.61. The highest BCUT2D eigenvalue weighted by molar-refractivity contribution is 5.78. The monoisotopic (exact) mass is 272 g/mol. The zero-order chi connectivity index (χ0) is 14.6. The van der Waals surface area contributed by atoms with Gasteiger partial charge in [0.05, 0.1) is 5.52 Å². The van der Waals surface area contributed by atoms with Crippen molar-refractivity contribution in [1.82, 2.24) is 9.88 Å². The maximum absolute atomic E-state index is 11.8. The van der Waals surface area contributed by atoms with E-state index in [2.05, 4.69) is 30.7 Å². The molecule has 1 heterocycles. The zero-order valence-electron chi connectivity index (χ0n) is 12.6. The first kappa shape index (κ1) is 14.8. The molecule has 0 unspecified atom stereocenters. The Labute approximate surface area is 120 Å². The van der Waals surface area contributed by atoms with Gasteiger partial charge in [0.2, 0.25) is 0 Å². The van der Waals surface area contributed by atoms with Gasteiger partial charge in [-0.2, -0.15) is 0 Å². The summed E-state index contributed by atoms with van der Waals surface area (Å²) in [5.41, 5.74) is 1.48. The number of hydrogen-bond acceptors (Lipinski definition) is 2. The Morgan fingerprint density at radius 2 is 1.85 bits per heavy atom. The van der Waals surface area contributed by atoms with Gasteiger partial charge in [0.1, 0.15) is 0 Å². The van der Waals surface area contributed by atoms with E-state index < -0.39 is 0 Å². The van der Waals surface area contributed by atoms with Gasteiger partial charge in [-0.25, -0.2) is 0 Å². The first-order valence-electron chi connectivity index (χ1n) is 7.26. The van der Waals surface area contributed by atoms with E-state index in [-0.39, 0.29) is 5.43 Å². The molecule has 2 rings (SSSR count). The van der Waals surface area contributed by atoms with Crippen molar-refractivity contribution in [2.45, 2.75) is 33.7 Å². The largest absolute Gasteiger partial charge is 0.346 e. The number of pyridine rings is 1. The van der Waals surface area contributed by atoms with Crippen molar-refractivity contribution >= 4 is 10.9 Å². The van der Waals surface area contributed by atoms with Crippen molar-refractivity contribution < 1.29 is 0 Å². The fourth-order valence-corrected chi connectivity index (χ4v) is 2.24. The number of nitrogens with zero attached hydrogens (tertiary/aromatic N) is 1. The zero-order valence-corrected chi connectivity index (χ0v) is 12.6. The number of aromatic nitrogens is 1. The van der Waals surface area contributed by atoms with E-state index in [1.165, 1.54) is 0 Å². The molecular weight excluding hydrogens is 248 g/mol. The summed E-state index contributed by atoms with van der Waals surface area (Å²) < 4.78 is 2.14. The number of rotatable bonds is 5. The average Bonchev–Trinajstić information content (AvgIpc) is 2.40. The fourth-order valence-electron chi connectivity index (χ4n) is 2.24. The summed E-state index contributed by atoms with van der Waals surface area (Å²) in [6.07, 6.45) is 3.05. The predicted molar refractivity (Wildman–Crippen MR) is 85.1 cm³/mol. The van der Waals surface area contributed by atoms with Gasteiger partial charge >= 0.3 is 0 Å². The molecule has 1 N–H and O–H groups in total. The lowest BCUT2D eigenvalue weighted by molar-refractivity contribution is 0.365. The van der Waals surface area contributed by atoms with E-state index in [0.29, 0.717) is 5.41 Å². The summed E-state index contributed by atoms with van der Waals surface area (Å²) in [7, 11) is 0. The summed E-state index contributed by atoms with van der Waals surface area (Å²) in [5.74, 6) is 0.